The fraction of sp³-hybridized carbons (Fsp3) is 0. The van der Waals surface area contributed by atoms with Crippen LogP contribution in [0.5, 0.6) is 17.2 Å². The third kappa shape index (κ3) is 1.86. The maximum atomic E-state index is 10.7. The van der Waals surface area contributed by atoms with Crippen molar-refractivity contribution in [3.05, 3.63) is 9.64 Å². The van der Waals surface area contributed by atoms with Gasteiger partial charge in [-0.2, -0.15) is 8.42 Å². The molecule has 1 rings (SSSR count). The van der Waals surface area contributed by atoms with E-state index in [1.54, 1.807) is 0 Å². The van der Waals surface area contributed by atoms with Crippen LogP contribution < -0.4 is 0 Å². The molecule has 78 valence electrons. The van der Waals surface area contributed by atoms with Gasteiger partial charge in [-0.3, -0.25) is 4.55 Å². The highest BCUT2D eigenvalue weighted by Gasteiger charge is 2.22. The topological polar surface area (TPSA) is 115 Å². The smallest absolute Gasteiger partial charge is 0.298 e. The largest absolute Gasteiger partial charge is 0.503 e. The molecule has 0 saturated carbocycles. The van der Waals surface area contributed by atoms with Crippen LogP contribution in [0.15, 0.2) is 11.0 Å². The summed E-state index contributed by atoms with van der Waals surface area (Å²) in [5.74, 6) is -2.70. The fourth-order valence-corrected chi connectivity index (χ4v) is 2.18. The van der Waals surface area contributed by atoms with E-state index in [0.29, 0.717) is 0 Å². The Morgan fingerprint density at radius 2 is 1.57 bits per heavy atom. The molecule has 0 fully saturated rings. The lowest BCUT2D eigenvalue weighted by atomic mass is 10.3. The lowest BCUT2D eigenvalue weighted by Crippen LogP contribution is -1.99. The number of phenols is 3. The van der Waals surface area contributed by atoms with E-state index in [2.05, 4.69) is 0 Å². The Morgan fingerprint density at radius 3 is 2.00 bits per heavy atom. The normalized spacial score (nSPS) is 11.6. The zero-order valence-corrected chi connectivity index (χ0v) is 9.44. The molecule has 0 amide bonds. The highest BCUT2D eigenvalue weighted by Crippen LogP contribution is 2.42. The minimum absolute atomic E-state index is 0.00877. The Kier molecular flexibility index (Phi) is 2.78. The Balaban J connectivity index is 3.66. The second-order valence-electron chi connectivity index (χ2n) is 2.38. The van der Waals surface area contributed by atoms with Gasteiger partial charge >= 0.3 is 0 Å². The van der Waals surface area contributed by atoms with E-state index < -0.39 is 32.3 Å². The lowest BCUT2D eigenvalue weighted by molar-refractivity contribution is 0.357. The molecular weight excluding hydrogens is 327 g/mol. The summed E-state index contributed by atoms with van der Waals surface area (Å²) in [4.78, 5) is -0.850. The molecule has 0 heterocycles. The summed E-state index contributed by atoms with van der Waals surface area (Å²) in [6.45, 7) is 0. The second kappa shape index (κ2) is 3.44. The van der Waals surface area contributed by atoms with Gasteiger partial charge in [-0.05, 0) is 28.7 Å². The van der Waals surface area contributed by atoms with Crippen molar-refractivity contribution < 1.29 is 28.3 Å². The molecule has 0 aliphatic carbocycles. The molecule has 6 nitrogen and oxygen atoms in total. The molecule has 0 aliphatic heterocycles. The van der Waals surface area contributed by atoms with Crippen molar-refractivity contribution in [2.24, 2.45) is 0 Å². The van der Waals surface area contributed by atoms with Gasteiger partial charge in [-0.15, -0.1) is 0 Å². The minimum atomic E-state index is -4.62. The third-order valence-electron chi connectivity index (χ3n) is 1.44. The molecule has 0 atom stereocenters. The van der Waals surface area contributed by atoms with Crippen molar-refractivity contribution in [3.8, 4) is 17.2 Å². The zero-order valence-electron chi connectivity index (χ0n) is 6.47. The predicted molar refractivity (Wildman–Crippen MR) is 54.0 cm³/mol. The molecule has 0 aliphatic rings. The monoisotopic (exact) mass is 332 g/mol. The first kappa shape index (κ1) is 11.3. The number of hydrogen-bond donors (Lipinski definition) is 4. The van der Waals surface area contributed by atoms with Gasteiger partial charge in [-0.25, -0.2) is 0 Å². The van der Waals surface area contributed by atoms with Gasteiger partial charge < -0.3 is 15.3 Å². The van der Waals surface area contributed by atoms with Gasteiger partial charge in [0.05, 0.1) is 3.57 Å². The van der Waals surface area contributed by atoms with Crippen molar-refractivity contribution in [1.82, 2.24) is 0 Å². The number of benzene rings is 1. The first-order valence-electron chi connectivity index (χ1n) is 3.16. The predicted octanol–water partition coefficient (Wildman–Crippen LogP) is 0.655. The van der Waals surface area contributed by atoms with Gasteiger partial charge in [0.15, 0.2) is 11.5 Å². The van der Waals surface area contributed by atoms with E-state index in [1.807, 2.05) is 0 Å². The van der Waals surface area contributed by atoms with E-state index in [1.165, 1.54) is 22.6 Å². The molecule has 0 spiro atoms. The summed E-state index contributed by atoms with van der Waals surface area (Å²) >= 11 is 1.54. The molecule has 14 heavy (non-hydrogen) atoms. The molecule has 0 unspecified atom stereocenters. The van der Waals surface area contributed by atoms with Crippen LogP contribution in [0.25, 0.3) is 0 Å². The van der Waals surface area contributed by atoms with E-state index in [-0.39, 0.29) is 3.57 Å². The minimum Gasteiger partial charge on any atom is -0.503 e. The quantitative estimate of drug-likeness (QED) is 0.341. The second-order valence-corrected chi connectivity index (χ2v) is 4.93. The highest BCUT2D eigenvalue weighted by molar-refractivity contribution is 14.1. The first-order chi connectivity index (χ1) is 6.25. The van der Waals surface area contributed by atoms with Crippen LogP contribution in [-0.2, 0) is 10.1 Å². The summed E-state index contributed by atoms with van der Waals surface area (Å²) < 4.78 is 30.0. The molecule has 0 saturated heterocycles. The average Bonchev–Trinajstić information content (AvgIpc) is 2.06. The van der Waals surface area contributed by atoms with E-state index in [4.69, 9.17) is 19.9 Å². The Morgan fingerprint density at radius 1 is 1.07 bits per heavy atom. The van der Waals surface area contributed by atoms with Gasteiger partial charge in [0.2, 0.25) is 5.75 Å². The molecule has 0 aromatic heterocycles. The van der Waals surface area contributed by atoms with Crippen molar-refractivity contribution >= 4 is 32.7 Å². The number of phenolic OH excluding ortho intramolecular Hbond substituents is 3. The fourth-order valence-electron chi connectivity index (χ4n) is 0.790. The molecule has 1 aromatic carbocycles. The third-order valence-corrected chi connectivity index (χ3v) is 3.13. The Hall–Kier alpha value is -0.740. The molecule has 0 bridgehead atoms. The SMILES string of the molecule is O=S(=O)(O)c1cc(I)c(O)c(O)c1O. The van der Waals surface area contributed by atoms with Crippen LogP contribution in [0.3, 0.4) is 0 Å². The molecule has 4 N–H and O–H groups in total. The average molecular weight is 332 g/mol. The summed E-state index contributed by atoms with van der Waals surface area (Å²) in [5.41, 5.74) is 0. The Labute approximate surface area is 92.7 Å². The van der Waals surface area contributed by atoms with Crippen LogP contribution in [0, 0.1) is 3.57 Å². The van der Waals surface area contributed by atoms with Crippen molar-refractivity contribution in [1.29, 1.82) is 0 Å². The molecule has 1 aromatic rings. The zero-order chi connectivity index (χ0) is 11.1. The maximum absolute atomic E-state index is 10.7. The summed E-state index contributed by atoms with van der Waals surface area (Å²) in [6, 6.07) is 0.834. The maximum Gasteiger partial charge on any atom is 0.298 e. The van der Waals surface area contributed by atoms with Crippen LogP contribution >= 0.6 is 22.6 Å². The molecule has 8 heteroatoms. The van der Waals surface area contributed by atoms with Gasteiger partial charge in [0.1, 0.15) is 4.90 Å². The lowest BCUT2D eigenvalue weighted by Gasteiger charge is -2.06. The summed E-state index contributed by atoms with van der Waals surface area (Å²) in [7, 11) is -4.62. The first-order valence-corrected chi connectivity index (χ1v) is 5.68. The van der Waals surface area contributed by atoms with Gasteiger partial charge in [0.25, 0.3) is 10.1 Å². The van der Waals surface area contributed by atoms with Crippen molar-refractivity contribution in [2.45, 2.75) is 4.90 Å². The van der Waals surface area contributed by atoms with E-state index in [0.717, 1.165) is 6.07 Å². The number of aromatic hydroxyl groups is 3. The number of hydrogen-bond acceptors (Lipinski definition) is 5. The number of halogens is 1. The van der Waals surface area contributed by atoms with E-state index in [9.17, 15) is 8.42 Å². The highest BCUT2D eigenvalue weighted by atomic mass is 127. The van der Waals surface area contributed by atoms with Crippen LogP contribution in [0.4, 0.5) is 0 Å². The summed E-state index contributed by atoms with van der Waals surface area (Å²) in [5, 5.41) is 27.2. The van der Waals surface area contributed by atoms with Crippen molar-refractivity contribution in [3.63, 3.8) is 0 Å². The summed E-state index contributed by atoms with van der Waals surface area (Å²) in [6.07, 6.45) is 0. The standard InChI is InChI=1S/C6H5IO6S/c7-2-1-3(14(11,12)13)5(9)6(10)4(2)8/h1,8-10H,(H,11,12,13). The number of rotatable bonds is 1. The van der Waals surface area contributed by atoms with Gasteiger partial charge in [-0.1, -0.05) is 0 Å². The van der Waals surface area contributed by atoms with Crippen LogP contribution in [-0.4, -0.2) is 28.3 Å². The van der Waals surface area contributed by atoms with Gasteiger partial charge in [0, 0.05) is 0 Å². The Bertz CT molecular complexity index is 480. The van der Waals surface area contributed by atoms with E-state index >= 15 is 0 Å². The van der Waals surface area contributed by atoms with Crippen LogP contribution in [0.2, 0.25) is 0 Å². The molecule has 0 radical (unpaired) electrons. The van der Waals surface area contributed by atoms with Crippen molar-refractivity contribution in [2.75, 3.05) is 0 Å². The van der Waals surface area contributed by atoms with Crippen LogP contribution in [0.1, 0.15) is 0 Å². The molecular formula is C6H5IO6S.